The molecule has 2 N–H and O–H groups in total. The number of aliphatic hydroxyl groups excluding tert-OH is 1. The molecule has 0 aromatic heterocycles. The Balaban J connectivity index is 1.79. The van der Waals surface area contributed by atoms with Crippen LogP contribution in [0, 0.1) is 5.92 Å². The van der Waals surface area contributed by atoms with E-state index in [0.717, 1.165) is 37.4 Å². The number of methoxy groups -OCH3 is 1. The summed E-state index contributed by atoms with van der Waals surface area (Å²) in [5.41, 5.74) is 0.914. The maximum Gasteiger partial charge on any atom is 0.118 e. The Morgan fingerprint density at radius 3 is 2.55 bits per heavy atom. The van der Waals surface area contributed by atoms with E-state index in [2.05, 4.69) is 12.2 Å². The minimum atomic E-state index is -0.483. The predicted molar refractivity (Wildman–Crippen MR) is 79.0 cm³/mol. The predicted octanol–water partition coefficient (Wildman–Crippen LogP) is 2.13. The largest absolute Gasteiger partial charge is 0.497 e. The molecule has 2 rings (SSSR count). The van der Waals surface area contributed by atoms with E-state index in [0.29, 0.717) is 18.5 Å². The number of hydrogen-bond acceptors (Lipinski definition) is 4. The summed E-state index contributed by atoms with van der Waals surface area (Å²) in [6.45, 7) is 4.48. The second-order valence-electron chi connectivity index (χ2n) is 5.44. The van der Waals surface area contributed by atoms with Crippen LogP contribution in [0.4, 0.5) is 0 Å². The summed E-state index contributed by atoms with van der Waals surface area (Å²) in [5.74, 6) is 1.45. The molecule has 20 heavy (non-hydrogen) atoms. The standard InChI is InChI=1S/C16H25NO3/c1-12(13-7-9-20-10-8-13)17-11-16(18)14-3-5-15(19-2)6-4-14/h3-6,12-13,16-18H,7-11H2,1-2H3. The Labute approximate surface area is 121 Å². The molecule has 1 heterocycles. The third-order valence-corrected chi connectivity index (χ3v) is 4.11. The molecule has 1 aromatic rings. The smallest absolute Gasteiger partial charge is 0.118 e. The molecule has 0 amide bonds. The van der Waals surface area contributed by atoms with E-state index in [-0.39, 0.29) is 0 Å². The molecule has 112 valence electrons. The van der Waals surface area contributed by atoms with Gasteiger partial charge in [0.2, 0.25) is 0 Å². The molecule has 0 spiro atoms. The minimum Gasteiger partial charge on any atom is -0.497 e. The fourth-order valence-corrected chi connectivity index (χ4v) is 2.62. The van der Waals surface area contributed by atoms with Crippen molar-refractivity contribution in [1.82, 2.24) is 5.32 Å². The molecule has 2 unspecified atom stereocenters. The first-order valence-corrected chi connectivity index (χ1v) is 7.34. The Kier molecular flexibility index (Phi) is 5.83. The van der Waals surface area contributed by atoms with Crippen molar-refractivity contribution in [3.05, 3.63) is 29.8 Å². The van der Waals surface area contributed by atoms with Gasteiger partial charge in [-0.2, -0.15) is 0 Å². The lowest BCUT2D eigenvalue weighted by molar-refractivity contribution is 0.0537. The van der Waals surface area contributed by atoms with Gasteiger partial charge in [0.25, 0.3) is 0 Å². The van der Waals surface area contributed by atoms with Crippen LogP contribution in [0.25, 0.3) is 0 Å². The summed E-state index contributed by atoms with van der Waals surface area (Å²) < 4.78 is 10.5. The van der Waals surface area contributed by atoms with Gasteiger partial charge >= 0.3 is 0 Å². The number of nitrogens with one attached hydrogen (secondary N) is 1. The van der Waals surface area contributed by atoms with Crippen molar-refractivity contribution in [2.45, 2.75) is 31.9 Å². The molecule has 0 saturated carbocycles. The van der Waals surface area contributed by atoms with Gasteiger partial charge in [0.05, 0.1) is 13.2 Å². The summed E-state index contributed by atoms with van der Waals surface area (Å²) in [6, 6.07) is 7.97. The topological polar surface area (TPSA) is 50.7 Å². The molecule has 1 aliphatic heterocycles. The minimum absolute atomic E-state index is 0.409. The highest BCUT2D eigenvalue weighted by atomic mass is 16.5. The van der Waals surface area contributed by atoms with Crippen molar-refractivity contribution in [3.8, 4) is 5.75 Å². The summed E-state index contributed by atoms with van der Waals surface area (Å²) in [7, 11) is 1.64. The van der Waals surface area contributed by atoms with Gasteiger partial charge in [-0.1, -0.05) is 12.1 Å². The molecule has 1 saturated heterocycles. The summed E-state index contributed by atoms with van der Waals surface area (Å²) in [6.07, 6.45) is 1.72. The van der Waals surface area contributed by atoms with Gasteiger partial charge in [-0.05, 0) is 43.4 Å². The number of hydrogen-bond donors (Lipinski definition) is 2. The monoisotopic (exact) mass is 279 g/mol. The average Bonchev–Trinajstić information content (AvgIpc) is 2.53. The lowest BCUT2D eigenvalue weighted by Crippen LogP contribution is -2.38. The molecule has 1 aliphatic rings. The van der Waals surface area contributed by atoms with Crippen molar-refractivity contribution < 1.29 is 14.6 Å². The van der Waals surface area contributed by atoms with E-state index >= 15 is 0 Å². The summed E-state index contributed by atoms with van der Waals surface area (Å²) >= 11 is 0. The molecular weight excluding hydrogens is 254 g/mol. The maximum atomic E-state index is 10.2. The first-order valence-electron chi connectivity index (χ1n) is 7.34. The maximum absolute atomic E-state index is 10.2. The second-order valence-corrected chi connectivity index (χ2v) is 5.44. The zero-order valence-electron chi connectivity index (χ0n) is 12.3. The van der Waals surface area contributed by atoms with Crippen molar-refractivity contribution in [1.29, 1.82) is 0 Å². The van der Waals surface area contributed by atoms with Crippen LogP contribution in [0.1, 0.15) is 31.4 Å². The Morgan fingerprint density at radius 2 is 1.95 bits per heavy atom. The Hall–Kier alpha value is -1.10. The van der Waals surface area contributed by atoms with Crippen LogP contribution in [0.2, 0.25) is 0 Å². The van der Waals surface area contributed by atoms with Gasteiger partial charge in [0.1, 0.15) is 5.75 Å². The van der Waals surface area contributed by atoms with E-state index in [1.165, 1.54) is 0 Å². The molecule has 1 fully saturated rings. The van der Waals surface area contributed by atoms with Crippen LogP contribution in [-0.2, 0) is 4.74 Å². The highest BCUT2D eigenvalue weighted by molar-refractivity contribution is 5.28. The number of aliphatic hydroxyl groups is 1. The lowest BCUT2D eigenvalue weighted by Gasteiger charge is -2.29. The van der Waals surface area contributed by atoms with Gasteiger partial charge in [0.15, 0.2) is 0 Å². The Bertz CT molecular complexity index is 387. The van der Waals surface area contributed by atoms with Gasteiger partial charge in [0, 0.05) is 25.8 Å². The third-order valence-electron chi connectivity index (χ3n) is 4.11. The van der Waals surface area contributed by atoms with E-state index in [1.54, 1.807) is 7.11 Å². The Morgan fingerprint density at radius 1 is 1.30 bits per heavy atom. The molecular formula is C16H25NO3. The van der Waals surface area contributed by atoms with E-state index in [1.807, 2.05) is 24.3 Å². The van der Waals surface area contributed by atoms with Crippen molar-refractivity contribution in [3.63, 3.8) is 0 Å². The second kappa shape index (κ2) is 7.62. The van der Waals surface area contributed by atoms with Crippen LogP contribution in [0.15, 0.2) is 24.3 Å². The van der Waals surface area contributed by atoms with Crippen LogP contribution in [0.3, 0.4) is 0 Å². The fourth-order valence-electron chi connectivity index (χ4n) is 2.62. The summed E-state index contributed by atoms with van der Waals surface area (Å²) in [5, 5.41) is 13.6. The number of rotatable bonds is 6. The zero-order chi connectivity index (χ0) is 14.4. The molecule has 4 nitrogen and oxygen atoms in total. The molecule has 0 radical (unpaired) electrons. The molecule has 2 atom stereocenters. The quantitative estimate of drug-likeness (QED) is 0.837. The van der Waals surface area contributed by atoms with Crippen LogP contribution in [0.5, 0.6) is 5.75 Å². The third kappa shape index (κ3) is 4.20. The van der Waals surface area contributed by atoms with Gasteiger partial charge in [-0.15, -0.1) is 0 Å². The highest BCUT2D eigenvalue weighted by Crippen LogP contribution is 2.20. The van der Waals surface area contributed by atoms with Gasteiger partial charge in [-0.3, -0.25) is 0 Å². The van der Waals surface area contributed by atoms with Crippen LogP contribution >= 0.6 is 0 Å². The molecule has 1 aromatic carbocycles. The number of ether oxygens (including phenoxy) is 2. The fraction of sp³-hybridized carbons (Fsp3) is 0.625. The highest BCUT2D eigenvalue weighted by Gasteiger charge is 2.20. The van der Waals surface area contributed by atoms with E-state index < -0.39 is 6.10 Å². The van der Waals surface area contributed by atoms with Gasteiger partial charge < -0.3 is 19.9 Å². The van der Waals surface area contributed by atoms with Crippen LogP contribution < -0.4 is 10.1 Å². The molecule has 4 heteroatoms. The van der Waals surface area contributed by atoms with E-state index in [4.69, 9.17) is 9.47 Å². The first-order chi connectivity index (χ1) is 9.70. The van der Waals surface area contributed by atoms with Gasteiger partial charge in [-0.25, -0.2) is 0 Å². The first kappa shape index (κ1) is 15.3. The SMILES string of the molecule is COc1ccc(C(O)CNC(C)C2CCOCC2)cc1. The molecule has 0 aliphatic carbocycles. The van der Waals surface area contributed by atoms with Crippen molar-refractivity contribution in [2.24, 2.45) is 5.92 Å². The van der Waals surface area contributed by atoms with Crippen LogP contribution in [-0.4, -0.2) is 38.0 Å². The normalized spacial score (nSPS) is 19.6. The summed E-state index contributed by atoms with van der Waals surface area (Å²) in [4.78, 5) is 0. The zero-order valence-corrected chi connectivity index (χ0v) is 12.3. The van der Waals surface area contributed by atoms with Crippen molar-refractivity contribution >= 4 is 0 Å². The molecule has 0 bridgehead atoms. The lowest BCUT2D eigenvalue weighted by atomic mass is 9.93. The number of benzene rings is 1. The average molecular weight is 279 g/mol. The van der Waals surface area contributed by atoms with Crippen molar-refractivity contribution in [2.75, 3.05) is 26.9 Å². The van der Waals surface area contributed by atoms with E-state index in [9.17, 15) is 5.11 Å².